The number of fused-ring (bicyclic) bond motifs is 8. The molecule has 4 spiro atoms. The molecule has 702 valence electrons. The van der Waals surface area contributed by atoms with Crippen LogP contribution in [0.25, 0.3) is 33.7 Å². The van der Waals surface area contributed by atoms with Gasteiger partial charge in [0.2, 0.25) is 17.8 Å². The second kappa shape index (κ2) is 37.1. The van der Waals surface area contributed by atoms with Crippen molar-refractivity contribution in [2.45, 2.75) is 172 Å². The van der Waals surface area contributed by atoms with Crippen molar-refractivity contribution in [2.24, 2.45) is 44.6 Å². The second-order valence-electron chi connectivity index (χ2n) is 37.9. The van der Waals surface area contributed by atoms with E-state index in [1.54, 1.807) is 42.7 Å². The first-order valence-electron chi connectivity index (χ1n) is 46.6. The van der Waals surface area contributed by atoms with Crippen LogP contribution in [0.3, 0.4) is 0 Å². The smallest absolute Gasteiger partial charge is 0.211 e. The van der Waals surface area contributed by atoms with Gasteiger partial charge in [-0.05, 0) is 220 Å². The maximum Gasteiger partial charge on any atom is 0.211 e. The number of aromatic nitrogens is 15. The number of piperidine rings is 4. The number of aryl methyl sites for hydroxylation is 5. The van der Waals surface area contributed by atoms with Crippen LogP contribution < -0.4 is 59.7 Å². The summed E-state index contributed by atoms with van der Waals surface area (Å²) in [5.41, 5.74) is 66.9. The average molecular weight is 1960 g/mol. The van der Waals surface area contributed by atoms with Crippen LogP contribution >= 0.6 is 81.7 Å². The maximum atomic E-state index is 9.85. The first kappa shape index (κ1) is 92.0. The number of aliphatic hydroxyl groups is 1. The highest BCUT2D eigenvalue weighted by Crippen LogP contribution is 2.57. The van der Waals surface area contributed by atoms with E-state index < -0.39 is 0 Å². The topological polar surface area (TPSA) is 375 Å². The first-order valence-corrected chi connectivity index (χ1v) is 50.6. The minimum absolute atomic E-state index is 0.0659. The summed E-state index contributed by atoms with van der Waals surface area (Å²) in [6.45, 7) is 17.4. The van der Waals surface area contributed by atoms with E-state index in [4.69, 9.17) is 116 Å². The molecular formula is C103H108Cl4N26OS3. The van der Waals surface area contributed by atoms with Crippen molar-refractivity contribution in [3.63, 3.8) is 0 Å². The van der Waals surface area contributed by atoms with Crippen LogP contribution in [0, 0.1) is 56.3 Å². The van der Waals surface area contributed by atoms with Crippen LogP contribution in [0.5, 0.6) is 0 Å². The molecule has 4 aliphatic carbocycles. The van der Waals surface area contributed by atoms with E-state index in [-0.39, 0.29) is 58.3 Å². The molecular weight excluding hydrogens is 1860 g/mol. The van der Waals surface area contributed by atoms with Crippen molar-refractivity contribution in [3.8, 4) is 11.1 Å². The van der Waals surface area contributed by atoms with Gasteiger partial charge in [0.25, 0.3) is 0 Å². The molecule has 0 bridgehead atoms. The molecule has 137 heavy (non-hydrogen) atoms. The molecule has 8 aliphatic rings. The van der Waals surface area contributed by atoms with Crippen molar-refractivity contribution in [3.05, 3.63) is 294 Å². The van der Waals surface area contributed by atoms with Crippen LogP contribution in [0.4, 0.5) is 41.1 Å². The van der Waals surface area contributed by atoms with Gasteiger partial charge in [-0.1, -0.05) is 179 Å². The quantitative estimate of drug-likeness (QED) is 0.0527. The van der Waals surface area contributed by atoms with E-state index in [9.17, 15) is 5.11 Å². The Kier molecular flexibility index (Phi) is 24.9. The predicted molar refractivity (Wildman–Crippen MR) is 549 cm³/mol. The average Bonchev–Trinajstić information content (AvgIpc) is 1.60. The third kappa shape index (κ3) is 16.5. The zero-order valence-corrected chi connectivity index (χ0v) is 82.3. The Labute approximate surface area is 827 Å². The number of halogens is 4. The van der Waals surface area contributed by atoms with Crippen LogP contribution in [0.15, 0.2) is 225 Å². The number of hydrogen-bond acceptors (Lipinski definition) is 26. The van der Waals surface area contributed by atoms with E-state index in [0.717, 1.165) is 233 Å². The van der Waals surface area contributed by atoms with Crippen molar-refractivity contribution < 1.29 is 5.11 Å². The number of benzene rings is 4. The molecule has 4 saturated heterocycles. The van der Waals surface area contributed by atoms with E-state index in [1.807, 2.05) is 80.3 Å². The molecule has 4 atom stereocenters. The van der Waals surface area contributed by atoms with Gasteiger partial charge in [-0.3, -0.25) is 17.6 Å². The summed E-state index contributed by atoms with van der Waals surface area (Å²) in [4.78, 5) is 65.5. The van der Waals surface area contributed by atoms with Crippen molar-refractivity contribution >= 4 is 145 Å². The molecule has 4 fully saturated rings. The molecule has 16 heterocycles. The van der Waals surface area contributed by atoms with E-state index >= 15 is 0 Å². The summed E-state index contributed by atoms with van der Waals surface area (Å²) in [7, 11) is 0. The summed E-state index contributed by atoms with van der Waals surface area (Å²) in [5, 5.41) is 11.7. The normalized spacial score (nSPS) is 19.1. The number of nitrogen functional groups attached to an aromatic ring is 3. The van der Waals surface area contributed by atoms with Crippen molar-refractivity contribution in [1.82, 2.24) is 72.4 Å². The highest BCUT2D eigenvalue weighted by molar-refractivity contribution is 8.00. The summed E-state index contributed by atoms with van der Waals surface area (Å²) in [5.74, 6) is 4.78. The zero-order chi connectivity index (χ0) is 94.7. The fourth-order valence-electron chi connectivity index (χ4n) is 22.6. The lowest BCUT2D eigenvalue weighted by molar-refractivity contribution is 0.186. The zero-order valence-electron chi connectivity index (χ0n) is 76.9. The van der Waals surface area contributed by atoms with Crippen LogP contribution in [-0.2, 0) is 32.3 Å². The lowest BCUT2D eigenvalue weighted by Gasteiger charge is -2.43. The molecule has 0 saturated carbocycles. The molecule has 12 aromatic heterocycles. The number of imidazole rings is 4. The number of pyridine rings is 5. The molecule has 16 aromatic rings. The van der Waals surface area contributed by atoms with Gasteiger partial charge in [0.15, 0.2) is 16.9 Å². The summed E-state index contributed by atoms with van der Waals surface area (Å²) >= 11 is 30.3. The van der Waals surface area contributed by atoms with Crippen molar-refractivity contribution in [2.75, 3.05) is 89.2 Å². The van der Waals surface area contributed by atoms with Gasteiger partial charge in [-0.15, -0.1) is 0 Å². The maximum absolute atomic E-state index is 9.85. The highest BCUT2D eigenvalue weighted by Gasteiger charge is 2.51. The summed E-state index contributed by atoms with van der Waals surface area (Å²) in [6.07, 6.45) is 30.7. The van der Waals surface area contributed by atoms with Gasteiger partial charge in [-0.25, -0.2) is 54.8 Å². The SMILES string of the molecule is Cc1cc(N2CCC3(CC2)Cc2ccccc2[C@H]3N)n2ccnc2c1Sc1cccnc1Cl.Cc1nc(N2CCC3(CC2)Cc2ccccc2[C@H]3N)n2c(C)cnc2c1Sc1ccnc(N)c1Cl.Cc1nc(N2CCC3(CC2)Cc2ccccc2[C@H]3N)n2cc(CO)nc2c1Sc1ccnc(N)c1Cl.Cc1nc(N2CCC3(CC2)Cc2ccccc2[C@H]3N)n2ccnc2c1-c1ccnc(N)c1Cl. The number of hydrogen-bond donors (Lipinski definition) is 8. The molecule has 4 aliphatic heterocycles. The molecule has 0 radical (unpaired) electrons. The Hall–Kier alpha value is -11.4. The van der Waals surface area contributed by atoms with Gasteiger partial charge < -0.3 is 64.8 Å². The third-order valence-corrected chi connectivity index (χ3v) is 35.8. The number of nitrogens with two attached hydrogens (primary N) is 7. The van der Waals surface area contributed by atoms with Crippen LogP contribution in [0.1, 0.15) is 154 Å². The Bertz CT molecular complexity index is 7340. The molecule has 0 amide bonds. The molecule has 27 nitrogen and oxygen atoms in total. The minimum atomic E-state index is -0.149. The molecule has 4 aromatic carbocycles. The molecule has 0 unspecified atom stereocenters. The highest BCUT2D eigenvalue weighted by atomic mass is 35.5. The lowest BCUT2D eigenvalue weighted by atomic mass is 9.73. The number of rotatable bonds is 12. The number of anilines is 7. The largest absolute Gasteiger partial charge is 0.390 e. The van der Waals surface area contributed by atoms with Gasteiger partial charge >= 0.3 is 0 Å². The van der Waals surface area contributed by atoms with E-state index in [0.29, 0.717) is 37.6 Å². The standard InChI is InChI=1S/C26H28ClN7OS.C26H28ClN7S.C26H26ClN5S.C25H26ClN7/c1-15-21(36-19-6-9-30-23(29)20(19)27)24-32-17(14-35)13-34(24)25(31-15)33-10-7-26(8-11-33)12-16-4-2-3-5-18(16)22(26)28;1-15-14-31-24-21(35-19-7-10-30-23(29)20(19)27)16(2)32-25(34(15)24)33-11-8-26(9-12-33)13-17-5-3-4-6-18(17)22(26)28;1-17-15-21(32-14-11-30-25(32)22(17)33-20-7-4-10-29-24(20)27)31-12-8-26(9-13-31)16-18-5-2-3-6-19(18)23(26)28;1-15-19(18-6-9-29-22(28)20(18)26)23-30-10-13-33(23)24(31-15)32-11-7-25(8-12-32)14-16-4-2-3-5-17(16)21(25)27/h2-6,9,13,22,35H,7-8,10-12,14,28H2,1H3,(H2,29,30);3-7,10,14,22H,8-9,11-13,28H2,1-2H3,(H2,29,30);2-7,10-11,14-15,23H,8-9,12-13,16,28H2,1H3;2-6,9-10,13,21H,7-8,11-12,14,27H2,1H3,(H2,28,29)/t2*22-;23-;21-/m1111/s1. The van der Waals surface area contributed by atoms with Crippen LogP contribution in [-0.4, -0.2) is 130 Å². The fraction of sp³-hybridized carbons (Fsp3) is 0.330. The van der Waals surface area contributed by atoms with E-state index in [2.05, 4.69) is 181 Å². The Morgan fingerprint density at radius 2 is 0.803 bits per heavy atom. The lowest BCUT2D eigenvalue weighted by Crippen LogP contribution is -2.45. The van der Waals surface area contributed by atoms with Gasteiger partial charge in [0.1, 0.15) is 34.1 Å². The van der Waals surface area contributed by atoms with Gasteiger partial charge in [0.05, 0.1) is 59.1 Å². The first-order chi connectivity index (χ1) is 66.3. The predicted octanol–water partition coefficient (Wildman–Crippen LogP) is 19.0. The second-order valence-corrected chi connectivity index (χ2v) is 42.6. The summed E-state index contributed by atoms with van der Waals surface area (Å²) < 4.78 is 8.41. The van der Waals surface area contributed by atoms with Crippen LogP contribution in [0.2, 0.25) is 20.2 Å². The third-order valence-electron chi connectivity index (χ3n) is 30.3. The molecule has 15 N–H and O–H groups in total. The van der Waals surface area contributed by atoms with Gasteiger partial charge in [0, 0.05) is 170 Å². The van der Waals surface area contributed by atoms with Crippen molar-refractivity contribution in [1.29, 1.82) is 0 Å². The molecule has 24 rings (SSSR count). The number of nitrogens with zero attached hydrogens (tertiary/aromatic N) is 19. The monoisotopic (exact) mass is 1960 g/mol. The summed E-state index contributed by atoms with van der Waals surface area (Å²) in [6, 6.07) is 46.7. The number of aliphatic hydroxyl groups excluding tert-OH is 1. The van der Waals surface area contributed by atoms with Gasteiger partial charge in [-0.2, -0.15) is 0 Å². The molecule has 34 heteroatoms. The van der Waals surface area contributed by atoms with E-state index in [1.165, 1.54) is 79.4 Å². The Balaban J connectivity index is 0.000000109. The Morgan fingerprint density at radius 3 is 1.28 bits per heavy atom. The fourth-order valence-corrected chi connectivity index (χ4v) is 26.4. The Morgan fingerprint density at radius 1 is 0.387 bits per heavy atom. The minimum Gasteiger partial charge on any atom is -0.390 e.